The van der Waals surface area contributed by atoms with Crippen molar-refractivity contribution in [3.8, 4) is 0 Å². The molecule has 0 radical (unpaired) electrons. The molecule has 0 saturated carbocycles. The zero-order chi connectivity index (χ0) is 11.4. The van der Waals surface area contributed by atoms with E-state index in [2.05, 4.69) is 24.4 Å². The van der Waals surface area contributed by atoms with E-state index in [-0.39, 0.29) is 11.9 Å². The summed E-state index contributed by atoms with van der Waals surface area (Å²) in [4.78, 5) is 13.9. The quantitative estimate of drug-likeness (QED) is 0.816. The SMILES string of the molecule is Cc1ccc(CC(C)NC(=O)[C@@H](C)N)s1. The number of carbonyl (C=O) groups excluding carboxylic acids is 1. The standard InChI is InChI=1S/C11H18N2OS/c1-7(13-11(14)9(3)12)6-10-5-4-8(2)15-10/h4-5,7,9H,6,12H2,1-3H3,(H,13,14)/t7?,9-/m1/s1. The average Bonchev–Trinajstić information content (AvgIpc) is 2.50. The van der Waals surface area contributed by atoms with Crippen LogP contribution in [0.5, 0.6) is 0 Å². The zero-order valence-electron chi connectivity index (χ0n) is 9.41. The third-order valence-corrected chi connectivity index (χ3v) is 3.13. The summed E-state index contributed by atoms with van der Waals surface area (Å²) in [5.74, 6) is -0.0872. The number of nitrogens with one attached hydrogen (secondary N) is 1. The Morgan fingerprint density at radius 2 is 2.20 bits per heavy atom. The third kappa shape index (κ3) is 4.01. The minimum atomic E-state index is -0.433. The predicted molar refractivity (Wildman–Crippen MR) is 64.0 cm³/mol. The van der Waals surface area contributed by atoms with Crippen LogP contribution in [-0.4, -0.2) is 18.0 Å². The van der Waals surface area contributed by atoms with E-state index in [0.29, 0.717) is 0 Å². The number of amides is 1. The van der Waals surface area contributed by atoms with Gasteiger partial charge >= 0.3 is 0 Å². The number of rotatable bonds is 4. The summed E-state index contributed by atoms with van der Waals surface area (Å²) >= 11 is 1.77. The Morgan fingerprint density at radius 3 is 2.67 bits per heavy atom. The molecule has 1 unspecified atom stereocenters. The molecule has 0 bridgehead atoms. The van der Waals surface area contributed by atoms with Crippen LogP contribution < -0.4 is 11.1 Å². The molecule has 3 N–H and O–H groups in total. The molecule has 0 spiro atoms. The second-order valence-electron chi connectivity index (χ2n) is 3.91. The van der Waals surface area contributed by atoms with Crippen molar-refractivity contribution in [1.82, 2.24) is 5.32 Å². The maximum atomic E-state index is 11.3. The number of aryl methyl sites for hydroxylation is 1. The highest BCUT2D eigenvalue weighted by Gasteiger charge is 2.11. The normalized spacial score (nSPS) is 14.7. The van der Waals surface area contributed by atoms with Gasteiger partial charge in [-0.05, 0) is 32.9 Å². The predicted octanol–water partition coefficient (Wildman–Crippen LogP) is 1.45. The number of thiophene rings is 1. The highest BCUT2D eigenvalue weighted by atomic mass is 32.1. The molecule has 1 rings (SSSR count). The molecule has 0 aliphatic rings. The molecule has 1 heterocycles. The molecular weight excluding hydrogens is 208 g/mol. The Hall–Kier alpha value is -0.870. The minimum Gasteiger partial charge on any atom is -0.352 e. The van der Waals surface area contributed by atoms with Crippen molar-refractivity contribution < 1.29 is 4.79 Å². The molecule has 0 fully saturated rings. The summed E-state index contributed by atoms with van der Waals surface area (Å²) < 4.78 is 0. The van der Waals surface area contributed by atoms with Gasteiger partial charge in [-0.1, -0.05) is 0 Å². The van der Waals surface area contributed by atoms with Gasteiger partial charge in [0.1, 0.15) is 0 Å². The van der Waals surface area contributed by atoms with Crippen molar-refractivity contribution in [2.24, 2.45) is 5.73 Å². The molecule has 1 aromatic rings. The molecule has 4 heteroatoms. The Morgan fingerprint density at radius 1 is 1.53 bits per heavy atom. The van der Waals surface area contributed by atoms with Gasteiger partial charge in [0.15, 0.2) is 0 Å². The second-order valence-corrected chi connectivity index (χ2v) is 5.29. The fourth-order valence-electron chi connectivity index (χ4n) is 1.32. The van der Waals surface area contributed by atoms with E-state index >= 15 is 0 Å². The molecule has 0 aromatic carbocycles. The van der Waals surface area contributed by atoms with Gasteiger partial charge in [0.2, 0.25) is 5.91 Å². The van der Waals surface area contributed by atoms with Crippen molar-refractivity contribution in [3.63, 3.8) is 0 Å². The Kier molecular flexibility index (Phi) is 4.29. The van der Waals surface area contributed by atoms with Crippen molar-refractivity contribution in [3.05, 3.63) is 21.9 Å². The molecule has 1 amide bonds. The molecule has 84 valence electrons. The monoisotopic (exact) mass is 226 g/mol. The molecule has 0 aliphatic heterocycles. The molecular formula is C11H18N2OS. The van der Waals surface area contributed by atoms with Gasteiger partial charge in [-0.3, -0.25) is 4.79 Å². The molecule has 0 saturated heterocycles. The lowest BCUT2D eigenvalue weighted by Crippen LogP contribution is -2.43. The molecule has 15 heavy (non-hydrogen) atoms. The van der Waals surface area contributed by atoms with Crippen molar-refractivity contribution >= 4 is 17.2 Å². The first-order valence-corrected chi connectivity index (χ1v) is 5.92. The highest BCUT2D eigenvalue weighted by Crippen LogP contribution is 2.16. The van der Waals surface area contributed by atoms with Gasteiger partial charge in [-0.25, -0.2) is 0 Å². The molecule has 1 aromatic heterocycles. The summed E-state index contributed by atoms with van der Waals surface area (Å²) in [7, 11) is 0. The van der Waals surface area contributed by atoms with E-state index in [9.17, 15) is 4.79 Å². The van der Waals surface area contributed by atoms with Gasteiger partial charge < -0.3 is 11.1 Å². The summed E-state index contributed by atoms with van der Waals surface area (Å²) in [5, 5.41) is 2.88. The van der Waals surface area contributed by atoms with Gasteiger partial charge in [0, 0.05) is 22.2 Å². The van der Waals surface area contributed by atoms with Crippen LogP contribution in [0.1, 0.15) is 23.6 Å². The molecule has 2 atom stereocenters. The number of carbonyl (C=O) groups is 1. The van der Waals surface area contributed by atoms with E-state index in [0.717, 1.165) is 6.42 Å². The minimum absolute atomic E-state index is 0.0872. The van der Waals surface area contributed by atoms with Crippen LogP contribution in [0.2, 0.25) is 0 Å². The lowest BCUT2D eigenvalue weighted by atomic mass is 10.2. The highest BCUT2D eigenvalue weighted by molar-refractivity contribution is 7.11. The molecule has 0 aliphatic carbocycles. The summed E-state index contributed by atoms with van der Waals surface area (Å²) in [6, 6.07) is 3.91. The fourth-order valence-corrected chi connectivity index (χ4v) is 2.34. The summed E-state index contributed by atoms with van der Waals surface area (Å²) in [5.41, 5.74) is 5.47. The van der Waals surface area contributed by atoms with Crippen molar-refractivity contribution in [1.29, 1.82) is 0 Å². The lowest BCUT2D eigenvalue weighted by Gasteiger charge is -2.14. The van der Waals surface area contributed by atoms with Gasteiger partial charge in [0.25, 0.3) is 0 Å². The average molecular weight is 226 g/mol. The number of hydrogen-bond donors (Lipinski definition) is 2. The summed E-state index contributed by atoms with van der Waals surface area (Å²) in [6.07, 6.45) is 0.872. The van der Waals surface area contributed by atoms with E-state index in [1.165, 1.54) is 9.75 Å². The van der Waals surface area contributed by atoms with Crippen LogP contribution in [-0.2, 0) is 11.2 Å². The van der Waals surface area contributed by atoms with Crippen LogP contribution >= 0.6 is 11.3 Å². The van der Waals surface area contributed by atoms with E-state index in [4.69, 9.17) is 5.73 Å². The van der Waals surface area contributed by atoms with E-state index in [1.807, 2.05) is 6.92 Å². The van der Waals surface area contributed by atoms with Gasteiger partial charge in [0.05, 0.1) is 6.04 Å². The van der Waals surface area contributed by atoms with Crippen LogP contribution in [0.3, 0.4) is 0 Å². The van der Waals surface area contributed by atoms with Crippen LogP contribution in [0, 0.1) is 6.92 Å². The van der Waals surface area contributed by atoms with Crippen molar-refractivity contribution in [2.45, 2.75) is 39.3 Å². The Labute approximate surface area is 94.7 Å². The fraction of sp³-hybridized carbons (Fsp3) is 0.545. The first kappa shape index (κ1) is 12.2. The van der Waals surface area contributed by atoms with Crippen LogP contribution in [0.15, 0.2) is 12.1 Å². The first-order valence-electron chi connectivity index (χ1n) is 5.10. The topological polar surface area (TPSA) is 55.1 Å². The van der Waals surface area contributed by atoms with Gasteiger partial charge in [-0.2, -0.15) is 0 Å². The van der Waals surface area contributed by atoms with E-state index in [1.54, 1.807) is 18.3 Å². The maximum Gasteiger partial charge on any atom is 0.236 e. The lowest BCUT2D eigenvalue weighted by molar-refractivity contribution is -0.122. The molecule has 3 nitrogen and oxygen atoms in total. The maximum absolute atomic E-state index is 11.3. The van der Waals surface area contributed by atoms with Crippen LogP contribution in [0.4, 0.5) is 0 Å². The Bertz CT molecular complexity index is 333. The first-order chi connectivity index (χ1) is 6.99. The van der Waals surface area contributed by atoms with E-state index < -0.39 is 6.04 Å². The largest absolute Gasteiger partial charge is 0.352 e. The summed E-state index contributed by atoms with van der Waals surface area (Å²) in [6.45, 7) is 5.77. The van der Waals surface area contributed by atoms with Crippen molar-refractivity contribution in [2.75, 3.05) is 0 Å². The van der Waals surface area contributed by atoms with Gasteiger partial charge in [-0.15, -0.1) is 11.3 Å². The third-order valence-electron chi connectivity index (χ3n) is 2.11. The Balaban J connectivity index is 2.42. The number of nitrogens with two attached hydrogens (primary N) is 1. The zero-order valence-corrected chi connectivity index (χ0v) is 10.2. The second kappa shape index (κ2) is 5.28. The smallest absolute Gasteiger partial charge is 0.236 e. The number of hydrogen-bond acceptors (Lipinski definition) is 3. The van der Waals surface area contributed by atoms with Crippen LogP contribution in [0.25, 0.3) is 0 Å².